The Bertz CT molecular complexity index is 939. The normalized spacial score (nSPS) is 16.9. The molecule has 1 heterocycles. The van der Waals surface area contributed by atoms with E-state index in [1.165, 1.54) is 12.1 Å². The summed E-state index contributed by atoms with van der Waals surface area (Å²) in [5.74, 6) is -0.366. The molecule has 7 heteroatoms. The fourth-order valence-corrected chi connectivity index (χ4v) is 3.92. The maximum atomic E-state index is 13.1. The zero-order valence-corrected chi connectivity index (χ0v) is 19.3. The van der Waals surface area contributed by atoms with E-state index in [2.05, 4.69) is 20.4 Å². The quantitative estimate of drug-likeness (QED) is 0.694. The molecule has 0 saturated carbocycles. The predicted molar refractivity (Wildman–Crippen MR) is 125 cm³/mol. The Morgan fingerprint density at radius 3 is 2.31 bits per heavy atom. The van der Waals surface area contributed by atoms with Crippen LogP contribution in [-0.2, 0) is 9.59 Å². The first-order valence-electron chi connectivity index (χ1n) is 11.1. The minimum Gasteiger partial charge on any atom is -0.348 e. The second-order valence-corrected chi connectivity index (χ2v) is 8.57. The van der Waals surface area contributed by atoms with Crippen LogP contribution in [0.4, 0.5) is 10.1 Å². The SMILES string of the molecule is Cc1cccc(NC(=O)CN2CCN(C(C)C(=O)NC(C)c3ccc(F)cc3)CC2)c1C. The van der Waals surface area contributed by atoms with Crippen LogP contribution in [-0.4, -0.2) is 60.4 Å². The molecule has 0 spiro atoms. The highest BCUT2D eigenvalue weighted by atomic mass is 19.1. The standard InChI is InChI=1S/C25H33FN4O2/c1-17-6-5-7-23(18(17)2)28-24(31)16-29-12-14-30(15-13-29)20(4)25(32)27-19(3)21-8-10-22(26)11-9-21/h5-11,19-20H,12-16H2,1-4H3,(H,27,32)(H,28,31). The van der Waals surface area contributed by atoms with Gasteiger partial charge in [0, 0.05) is 31.9 Å². The van der Waals surface area contributed by atoms with Crippen molar-refractivity contribution in [1.29, 1.82) is 0 Å². The summed E-state index contributed by atoms with van der Waals surface area (Å²) in [5, 5.41) is 6.02. The minimum atomic E-state index is -0.291. The summed E-state index contributed by atoms with van der Waals surface area (Å²) in [6.07, 6.45) is 0. The molecule has 1 fully saturated rings. The van der Waals surface area contributed by atoms with Crippen molar-refractivity contribution in [3.8, 4) is 0 Å². The minimum absolute atomic E-state index is 0.0222. The number of benzene rings is 2. The van der Waals surface area contributed by atoms with Crippen LogP contribution in [0.1, 0.15) is 36.6 Å². The van der Waals surface area contributed by atoms with Gasteiger partial charge in [-0.1, -0.05) is 24.3 Å². The number of piperazine rings is 1. The molecule has 1 aliphatic rings. The van der Waals surface area contributed by atoms with E-state index < -0.39 is 0 Å². The Hall–Kier alpha value is -2.77. The average Bonchev–Trinajstić information content (AvgIpc) is 2.77. The Kier molecular flexibility index (Phi) is 7.99. The van der Waals surface area contributed by atoms with Crippen LogP contribution in [0, 0.1) is 19.7 Å². The Morgan fingerprint density at radius 1 is 1.00 bits per heavy atom. The van der Waals surface area contributed by atoms with Crippen molar-refractivity contribution in [3.63, 3.8) is 0 Å². The highest BCUT2D eigenvalue weighted by molar-refractivity contribution is 5.93. The van der Waals surface area contributed by atoms with Crippen LogP contribution >= 0.6 is 0 Å². The van der Waals surface area contributed by atoms with Gasteiger partial charge in [-0.25, -0.2) is 4.39 Å². The lowest BCUT2D eigenvalue weighted by atomic mass is 10.1. The maximum absolute atomic E-state index is 13.1. The van der Waals surface area contributed by atoms with Crippen molar-refractivity contribution in [2.24, 2.45) is 0 Å². The lowest BCUT2D eigenvalue weighted by molar-refractivity contribution is -0.127. The molecule has 2 aromatic rings. The van der Waals surface area contributed by atoms with Crippen molar-refractivity contribution in [2.75, 3.05) is 38.0 Å². The second kappa shape index (κ2) is 10.7. The molecular formula is C25H33FN4O2. The first-order chi connectivity index (χ1) is 15.2. The Labute approximate surface area is 189 Å². The van der Waals surface area contributed by atoms with E-state index in [1.807, 2.05) is 45.9 Å². The summed E-state index contributed by atoms with van der Waals surface area (Å²) in [6.45, 7) is 11.1. The van der Waals surface area contributed by atoms with Crippen LogP contribution in [0.2, 0.25) is 0 Å². The van der Waals surface area contributed by atoms with Gasteiger partial charge in [-0.3, -0.25) is 19.4 Å². The summed E-state index contributed by atoms with van der Waals surface area (Å²) < 4.78 is 13.1. The lowest BCUT2D eigenvalue weighted by Crippen LogP contribution is -2.55. The highest BCUT2D eigenvalue weighted by Gasteiger charge is 2.27. The van der Waals surface area contributed by atoms with Crippen LogP contribution in [0.3, 0.4) is 0 Å². The molecule has 6 nitrogen and oxygen atoms in total. The summed E-state index contributed by atoms with van der Waals surface area (Å²) in [5.41, 5.74) is 3.96. The monoisotopic (exact) mass is 440 g/mol. The summed E-state index contributed by atoms with van der Waals surface area (Å²) in [6, 6.07) is 11.6. The zero-order chi connectivity index (χ0) is 23.3. The number of hydrogen-bond donors (Lipinski definition) is 2. The van der Waals surface area contributed by atoms with Crippen molar-refractivity contribution >= 4 is 17.5 Å². The van der Waals surface area contributed by atoms with Crippen molar-refractivity contribution in [3.05, 3.63) is 65.0 Å². The van der Waals surface area contributed by atoms with Crippen molar-refractivity contribution < 1.29 is 14.0 Å². The summed E-state index contributed by atoms with van der Waals surface area (Å²) in [7, 11) is 0. The van der Waals surface area contributed by atoms with Gasteiger partial charge in [0.2, 0.25) is 11.8 Å². The Balaban J connectivity index is 1.45. The molecule has 2 N–H and O–H groups in total. The highest BCUT2D eigenvalue weighted by Crippen LogP contribution is 2.18. The van der Waals surface area contributed by atoms with Gasteiger partial charge in [0.1, 0.15) is 5.82 Å². The molecule has 0 aromatic heterocycles. The fourth-order valence-electron chi connectivity index (χ4n) is 3.92. The number of aryl methyl sites for hydroxylation is 1. The number of carbonyl (C=O) groups is 2. The molecule has 1 aliphatic heterocycles. The van der Waals surface area contributed by atoms with Gasteiger partial charge in [-0.05, 0) is 62.6 Å². The third-order valence-electron chi connectivity index (χ3n) is 6.31. The van der Waals surface area contributed by atoms with Crippen LogP contribution < -0.4 is 10.6 Å². The molecule has 0 bridgehead atoms. The molecule has 1 saturated heterocycles. The van der Waals surface area contributed by atoms with Crippen LogP contribution in [0.15, 0.2) is 42.5 Å². The van der Waals surface area contributed by atoms with E-state index in [9.17, 15) is 14.0 Å². The predicted octanol–water partition coefficient (Wildman–Crippen LogP) is 3.26. The summed E-state index contributed by atoms with van der Waals surface area (Å²) in [4.78, 5) is 29.4. The molecule has 32 heavy (non-hydrogen) atoms. The number of anilines is 1. The smallest absolute Gasteiger partial charge is 0.238 e. The number of nitrogens with one attached hydrogen (secondary N) is 2. The maximum Gasteiger partial charge on any atom is 0.238 e. The zero-order valence-electron chi connectivity index (χ0n) is 19.3. The van der Waals surface area contributed by atoms with Crippen molar-refractivity contribution in [1.82, 2.24) is 15.1 Å². The van der Waals surface area contributed by atoms with E-state index in [0.29, 0.717) is 6.54 Å². The van der Waals surface area contributed by atoms with Gasteiger partial charge >= 0.3 is 0 Å². The first-order valence-corrected chi connectivity index (χ1v) is 11.1. The second-order valence-electron chi connectivity index (χ2n) is 8.57. The summed E-state index contributed by atoms with van der Waals surface area (Å²) >= 11 is 0. The lowest BCUT2D eigenvalue weighted by Gasteiger charge is -2.37. The fraction of sp³-hybridized carbons (Fsp3) is 0.440. The Morgan fingerprint density at radius 2 is 1.66 bits per heavy atom. The van der Waals surface area contributed by atoms with E-state index in [-0.39, 0.29) is 29.7 Å². The van der Waals surface area contributed by atoms with Gasteiger partial charge in [-0.15, -0.1) is 0 Å². The number of rotatable bonds is 7. The third-order valence-corrected chi connectivity index (χ3v) is 6.31. The van der Waals surface area contributed by atoms with E-state index >= 15 is 0 Å². The molecule has 2 amide bonds. The molecule has 172 valence electrons. The van der Waals surface area contributed by atoms with E-state index in [1.54, 1.807) is 12.1 Å². The number of amides is 2. The van der Waals surface area contributed by atoms with Crippen molar-refractivity contribution in [2.45, 2.75) is 39.8 Å². The van der Waals surface area contributed by atoms with Gasteiger partial charge in [-0.2, -0.15) is 0 Å². The number of halogens is 1. The van der Waals surface area contributed by atoms with E-state index in [4.69, 9.17) is 0 Å². The van der Waals surface area contributed by atoms with Gasteiger partial charge in [0.25, 0.3) is 0 Å². The largest absolute Gasteiger partial charge is 0.348 e. The molecule has 3 rings (SSSR count). The van der Waals surface area contributed by atoms with Gasteiger partial charge in [0.05, 0.1) is 18.6 Å². The molecule has 2 unspecified atom stereocenters. The van der Waals surface area contributed by atoms with Crippen LogP contribution in [0.5, 0.6) is 0 Å². The van der Waals surface area contributed by atoms with E-state index in [0.717, 1.165) is 48.6 Å². The van der Waals surface area contributed by atoms with Gasteiger partial charge in [0.15, 0.2) is 0 Å². The van der Waals surface area contributed by atoms with Gasteiger partial charge < -0.3 is 10.6 Å². The number of hydrogen-bond acceptors (Lipinski definition) is 4. The molecule has 0 radical (unpaired) electrons. The third kappa shape index (κ3) is 6.14. The van der Waals surface area contributed by atoms with Crippen LogP contribution in [0.25, 0.3) is 0 Å². The molecule has 2 atom stereocenters. The number of carbonyl (C=O) groups excluding carboxylic acids is 2. The average molecular weight is 441 g/mol. The first kappa shape index (κ1) is 23.9. The molecule has 0 aliphatic carbocycles. The molecular weight excluding hydrogens is 407 g/mol. The molecule has 2 aromatic carbocycles. The topological polar surface area (TPSA) is 64.7 Å². The number of nitrogens with zero attached hydrogens (tertiary/aromatic N) is 2.